The molecule has 0 aromatic heterocycles. The van der Waals surface area contributed by atoms with Gasteiger partial charge in [-0.3, -0.25) is 4.79 Å². The molecule has 0 spiro atoms. The summed E-state index contributed by atoms with van der Waals surface area (Å²) in [6.45, 7) is 2.59. The van der Waals surface area contributed by atoms with Crippen molar-refractivity contribution in [3.8, 4) is 0 Å². The van der Waals surface area contributed by atoms with E-state index in [4.69, 9.17) is 34.3 Å². The summed E-state index contributed by atoms with van der Waals surface area (Å²) in [5.41, 5.74) is 7.03. The lowest BCUT2D eigenvalue weighted by molar-refractivity contribution is -0.142. The third-order valence-corrected chi connectivity index (χ3v) is 2.65. The molecule has 0 unspecified atom stereocenters. The average molecular weight is 287 g/mol. The minimum Gasteiger partial charge on any atom is -0.466 e. The van der Waals surface area contributed by atoms with Crippen LogP contribution in [0.5, 0.6) is 0 Å². The number of ether oxygens (including phenoxy) is 1. The van der Waals surface area contributed by atoms with Gasteiger partial charge >= 0.3 is 5.97 Å². The molecule has 0 atom stereocenters. The molecule has 0 amide bonds. The van der Waals surface area contributed by atoms with E-state index in [1.165, 1.54) is 0 Å². The van der Waals surface area contributed by atoms with Crippen LogP contribution in [0.1, 0.15) is 18.9 Å². The molecular weight excluding hydrogens is 272 g/mol. The fourth-order valence-corrected chi connectivity index (χ4v) is 1.76. The molecular formula is C12H15ClN2O2S. The van der Waals surface area contributed by atoms with E-state index in [9.17, 15) is 4.79 Å². The van der Waals surface area contributed by atoms with Crippen LogP contribution in [0.2, 0.25) is 5.02 Å². The third-order valence-electron chi connectivity index (χ3n) is 2.20. The number of carbonyl (C=O) groups excluding carboxylic acids is 1. The zero-order valence-corrected chi connectivity index (χ0v) is 11.6. The summed E-state index contributed by atoms with van der Waals surface area (Å²) in [4.78, 5) is 11.5. The highest BCUT2D eigenvalue weighted by molar-refractivity contribution is 7.80. The van der Waals surface area contributed by atoms with Gasteiger partial charge in [0.25, 0.3) is 0 Å². The van der Waals surface area contributed by atoms with Gasteiger partial charge in [-0.15, -0.1) is 0 Å². The fourth-order valence-electron chi connectivity index (χ4n) is 1.41. The number of benzene rings is 1. The topological polar surface area (TPSA) is 64.3 Å². The SMILES string of the molecule is CCOC(=O)CCNc1cc(Cl)ccc1C(N)=S. The number of anilines is 1. The van der Waals surface area contributed by atoms with Crippen molar-refractivity contribution in [3.05, 3.63) is 28.8 Å². The summed E-state index contributed by atoms with van der Waals surface area (Å²) < 4.78 is 4.83. The Labute approximate surface area is 116 Å². The van der Waals surface area contributed by atoms with E-state index in [0.717, 1.165) is 5.69 Å². The van der Waals surface area contributed by atoms with Crippen molar-refractivity contribution < 1.29 is 9.53 Å². The van der Waals surface area contributed by atoms with Gasteiger partial charge in [0, 0.05) is 22.8 Å². The van der Waals surface area contributed by atoms with Gasteiger partial charge in [0.05, 0.1) is 13.0 Å². The molecule has 18 heavy (non-hydrogen) atoms. The summed E-state index contributed by atoms with van der Waals surface area (Å²) in [6, 6.07) is 5.19. The molecule has 0 aliphatic heterocycles. The summed E-state index contributed by atoms with van der Waals surface area (Å²) in [5.74, 6) is -0.246. The number of hydrogen-bond donors (Lipinski definition) is 2. The van der Waals surface area contributed by atoms with Gasteiger partial charge in [-0.05, 0) is 25.1 Å². The van der Waals surface area contributed by atoms with Crippen LogP contribution >= 0.6 is 23.8 Å². The predicted octanol–water partition coefficient (Wildman–Crippen LogP) is 2.34. The van der Waals surface area contributed by atoms with Crippen LogP contribution in [0.4, 0.5) is 5.69 Å². The van der Waals surface area contributed by atoms with Gasteiger partial charge in [0.15, 0.2) is 0 Å². The Morgan fingerprint density at radius 1 is 1.56 bits per heavy atom. The first-order chi connectivity index (χ1) is 8.54. The van der Waals surface area contributed by atoms with Gasteiger partial charge in [-0.2, -0.15) is 0 Å². The molecule has 0 heterocycles. The van der Waals surface area contributed by atoms with Gasteiger partial charge < -0.3 is 15.8 Å². The lowest BCUT2D eigenvalue weighted by atomic mass is 10.1. The zero-order chi connectivity index (χ0) is 13.5. The number of esters is 1. The number of rotatable bonds is 6. The van der Waals surface area contributed by atoms with Gasteiger partial charge in [0.1, 0.15) is 4.99 Å². The molecule has 0 bridgehead atoms. The first-order valence-electron chi connectivity index (χ1n) is 5.53. The molecule has 0 saturated carbocycles. The molecule has 0 fully saturated rings. The first kappa shape index (κ1) is 14.7. The average Bonchev–Trinajstić information content (AvgIpc) is 2.29. The predicted molar refractivity (Wildman–Crippen MR) is 77.1 cm³/mol. The van der Waals surface area contributed by atoms with Crippen LogP contribution in [-0.4, -0.2) is 24.1 Å². The monoisotopic (exact) mass is 286 g/mol. The molecule has 1 aromatic rings. The van der Waals surface area contributed by atoms with Crippen molar-refractivity contribution in [1.29, 1.82) is 0 Å². The zero-order valence-electron chi connectivity index (χ0n) is 10.0. The Bertz CT molecular complexity index is 452. The molecule has 98 valence electrons. The molecule has 1 rings (SSSR count). The van der Waals surface area contributed by atoms with E-state index in [1.54, 1.807) is 25.1 Å². The Kier molecular flexibility index (Phi) is 5.88. The molecule has 6 heteroatoms. The van der Waals surface area contributed by atoms with Gasteiger partial charge in [-0.25, -0.2) is 0 Å². The lowest BCUT2D eigenvalue weighted by Crippen LogP contribution is -2.16. The maximum absolute atomic E-state index is 11.2. The first-order valence-corrected chi connectivity index (χ1v) is 6.32. The maximum atomic E-state index is 11.2. The molecule has 0 aliphatic carbocycles. The molecule has 1 aromatic carbocycles. The largest absolute Gasteiger partial charge is 0.466 e. The lowest BCUT2D eigenvalue weighted by Gasteiger charge is -2.11. The number of hydrogen-bond acceptors (Lipinski definition) is 4. The Morgan fingerprint density at radius 2 is 2.28 bits per heavy atom. The summed E-state index contributed by atoms with van der Waals surface area (Å²) in [7, 11) is 0. The standard InChI is InChI=1S/C12H15ClN2O2S/c1-2-17-11(16)5-6-15-10-7-8(13)3-4-9(10)12(14)18/h3-4,7,15H,2,5-6H2,1H3,(H2,14,18). The normalized spacial score (nSPS) is 9.89. The summed E-state index contributed by atoms with van der Waals surface area (Å²) in [6.07, 6.45) is 0.275. The number of thiocarbonyl (C=S) groups is 1. The van der Waals surface area contributed by atoms with Crippen LogP contribution in [0, 0.1) is 0 Å². The maximum Gasteiger partial charge on any atom is 0.307 e. The third kappa shape index (κ3) is 4.50. The minimum absolute atomic E-state index is 0.246. The van der Waals surface area contributed by atoms with Crippen molar-refractivity contribution in [2.45, 2.75) is 13.3 Å². The Balaban J connectivity index is 2.63. The van der Waals surface area contributed by atoms with Crippen molar-refractivity contribution >= 4 is 40.5 Å². The number of carbonyl (C=O) groups is 1. The van der Waals surface area contributed by atoms with Crippen LogP contribution in [-0.2, 0) is 9.53 Å². The number of nitrogens with one attached hydrogen (secondary N) is 1. The molecule has 0 radical (unpaired) electrons. The van der Waals surface area contributed by atoms with Crippen LogP contribution in [0.25, 0.3) is 0 Å². The van der Waals surface area contributed by atoms with E-state index in [0.29, 0.717) is 23.7 Å². The summed E-state index contributed by atoms with van der Waals surface area (Å²) in [5, 5.41) is 3.65. The number of nitrogens with two attached hydrogens (primary N) is 1. The van der Waals surface area contributed by atoms with Crippen molar-refractivity contribution in [2.75, 3.05) is 18.5 Å². The van der Waals surface area contributed by atoms with E-state index in [2.05, 4.69) is 5.32 Å². The number of halogens is 1. The Morgan fingerprint density at radius 3 is 2.89 bits per heavy atom. The molecule has 4 nitrogen and oxygen atoms in total. The molecule has 3 N–H and O–H groups in total. The summed E-state index contributed by atoms with van der Waals surface area (Å²) >= 11 is 10.8. The second-order valence-electron chi connectivity index (χ2n) is 3.54. The van der Waals surface area contributed by atoms with Gasteiger partial charge in [0.2, 0.25) is 0 Å². The smallest absolute Gasteiger partial charge is 0.307 e. The van der Waals surface area contributed by atoms with Crippen molar-refractivity contribution in [3.63, 3.8) is 0 Å². The second kappa shape index (κ2) is 7.18. The Hall–Kier alpha value is -1.33. The highest BCUT2D eigenvalue weighted by Crippen LogP contribution is 2.21. The van der Waals surface area contributed by atoms with Crippen LogP contribution in [0.15, 0.2) is 18.2 Å². The second-order valence-corrected chi connectivity index (χ2v) is 4.41. The van der Waals surface area contributed by atoms with E-state index >= 15 is 0 Å². The highest BCUT2D eigenvalue weighted by atomic mass is 35.5. The minimum atomic E-state index is -0.246. The van der Waals surface area contributed by atoms with Crippen molar-refractivity contribution in [1.82, 2.24) is 0 Å². The molecule has 0 saturated heterocycles. The van der Waals surface area contributed by atoms with Crippen LogP contribution in [0.3, 0.4) is 0 Å². The fraction of sp³-hybridized carbons (Fsp3) is 0.333. The molecule has 0 aliphatic rings. The van der Waals surface area contributed by atoms with E-state index in [1.807, 2.05) is 0 Å². The quantitative estimate of drug-likeness (QED) is 0.621. The van der Waals surface area contributed by atoms with Gasteiger partial charge in [-0.1, -0.05) is 23.8 Å². The van der Waals surface area contributed by atoms with E-state index < -0.39 is 0 Å². The van der Waals surface area contributed by atoms with Crippen molar-refractivity contribution in [2.24, 2.45) is 5.73 Å². The highest BCUT2D eigenvalue weighted by Gasteiger charge is 2.07. The van der Waals surface area contributed by atoms with Crippen LogP contribution < -0.4 is 11.1 Å². The van der Waals surface area contributed by atoms with E-state index in [-0.39, 0.29) is 17.4 Å².